The smallest absolute Gasteiger partial charge is 0.136 e. The van der Waals surface area contributed by atoms with Crippen molar-refractivity contribution in [2.75, 3.05) is 0 Å². The Kier molecular flexibility index (Phi) is 1.65. The van der Waals surface area contributed by atoms with Crippen LogP contribution in [0.2, 0.25) is 0 Å². The molecule has 0 radical (unpaired) electrons. The van der Waals surface area contributed by atoms with Gasteiger partial charge in [0.05, 0.1) is 0 Å². The van der Waals surface area contributed by atoms with Gasteiger partial charge in [-0.15, -0.1) is 0 Å². The molecule has 2 heteroatoms. The maximum absolute atomic E-state index is 13.6. The Balaban J connectivity index is 2.42. The summed E-state index contributed by atoms with van der Waals surface area (Å²) >= 11 is 0. The van der Waals surface area contributed by atoms with Crippen LogP contribution < -0.4 is 5.73 Å². The molecule has 0 unspecified atom stereocenters. The average Bonchev–Trinajstić information content (AvgIpc) is 2.85. The van der Waals surface area contributed by atoms with E-state index in [-0.39, 0.29) is 0 Å². The molecule has 0 atom stereocenters. The van der Waals surface area contributed by atoms with Gasteiger partial charge in [-0.25, -0.2) is 4.39 Å². The van der Waals surface area contributed by atoms with Gasteiger partial charge in [0.25, 0.3) is 0 Å². The molecule has 0 aliphatic heterocycles. The highest BCUT2D eigenvalue weighted by molar-refractivity contribution is 5.35. The van der Waals surface area contributed by atoms with Crippen LogP contribution in [-0.4, -0.2) is 0 Å². The summed E-state index contributed by atoms with van der Waals surface area (Å²) in [7, 11) is 0. The Bertz CT molecular complexity index is 292. The van der Waals surface area contributed by atoms with Gasteiger partial charge in [0, 0.05) is 6.54 Å². The standard InChI is InChI=1S/C10H12FN/c11-10(5-6-10)9-4-2-1-3-8(9)7-12/h1-4H,5-7,12H2. The van der Waals surface area contributed by atoms with Crippen LogP contribution in [0.5, 0.6) is 0 Å². The van der Waals surface area contributed by atoms with Gasteiger partial charge in [0.2, 0.25) is 0 Å². The van der Waals surface area contributed by atoms with Crippen molar-refractivity contribution in [1.29, 1.82) is 0 Å². The lowest BCUT2D eigenvalue weighted by atomic mass is 10.0. The molecule has 2 rings (SSSR count). The summed E-state index contributed by atoms with van der Waals surface area (Å²) in [5, 5.41) is 0. The topological polar surface area (TPSA) is 26.0 Å². The van der Waals surface area contributed by atoms with E-state index in [2.05, 4.69) is 0 Å². The van der Waals surface area contributed by atoms with Gasteiger partial charge < -0.3 is 5.73 Å². The fraction of sp³-hybridized carbons (Fsp3) is 0.400. The first-order valence-electron chi connectivity index (χ1n) is 4.24. The third-order valence-electron chi connectivity index (χ3n) is 2.41. The Labute approximate surface area is 71.4 Å². The van der Waals surface area contributed by atoms with Gasteiger partial charge >= 0.3 is 0 Å². The fourth-order valence-electron chi connectivity index (χ4n) is 1.51. The SMILES string of the molecule is NCc1ccccc1C1(F)CC1. The zero-order chi connectivity index (χ0) is 8.60. The number of hydrogen-bond donors (Lipinski definition) is 1. The van der Waals surface area contributed by atoms with Crippen LogP contribution in [0.1, 0.15) is 24.0 Å². The van der Waals surface area contributed by atoms with E-state index >= 15 is 0 Å². The second-order valence-electron chi connectivity index (χ2n) is 3.33. The van der Waals surface area contributed by atoms with E-state index in [1.54, 1.807) is 0 Å². The normalized spacial score (nSPS) is 19.2. The molecular weight excluding hydrogens is 153 g/mol. The number of rotatable bonds is 2. The summed E-state index contributed by atoms with van der Waals surface area (Å²) in [6.45, 7) is 0.432. The molecule has 0 amide bonds. The predicted molar refractivity (Wildman–Crippen MR) is 46.4 cm³/mol. The Morgan fingerprint density at radius 2 is 2.00 bits per heavy atom. The zero-order valence-electron chi connectivity index (χ0n) is 6.89. The highest BCUT2D eigenvalue weighted by atomic mass is 19.1. The Morgan fingerprint density at radius 1 is 1.33 bits per heavy atom. The maximum Gasteiger partial charge on any atom is 0.136 e. The quantitative estimate of drug-likeness (QED) is 0.713. The second-order valence-corrected chi connectivity index (χ2v) is 3.33. The molecule has 1 aliphatic carbocycles. The molecule has 0 saturated heterocycles. The average molecular weight is 165 g/mol. The fourth-order valence-corrected chi connectivity index (χ4v) is 1.51. The summed E-state index contributed by atoms with van der Waals surface area (Å²) in [5.74, 6) is 0. The number of hydrogen-bond acceptors (Lipinski definition) is 1. The van der Waals surface area contributed by atoms with E-state index in [1.807, 2.05) is 24.3 Å². The lowest BCUT2D eigenvalue weighted by molar-refractivity contribution is 0.315. The second kappa shape index (κ2) is 2.56. The van der Waals surface area contributed by atoms with Crippen LogP contribution in [0, 0.1) is 0 Å². The van der Waals surface area contributed by atoms with Crippen LogP contribution in [0.3, 0.4) is 0 Å². The molecule has 1 saturated carbocycles. The zero-order valence-corrected chi connectivity index (χ0v) is 6.89. The summed E-state index contributed by atoms with van der Waals surface area (Å²) in [6.07, 6.45) is 1.31. The molecular formula is C10H12FN. The first kappa shape index (κ1) is 7.74. The van der Waals surface area contributed by atoms with Crippen LogP contribution in [-0.2, 0) is 12.2 Å². The van der Waals surface area contributed by atoms with Crippen molar-refractivity contribution in [2.45, 2.75) is 25.1 Å². The highest BCUT2D eigenvalue weighted by Gasteiger charge is 2.45. The van der Waals surface area contributed by atoms with Crippen molar-refractivity contribution >= 4 is 0 Å². The monoisotopic (exact) mass is 165 g/mol. The molecule has 1 fully saturated rings. The van der Waals surface area contributed by atoms with Gasteiger partial charge in [0.15, 0.2) is 0 Å². The number of nitrogens with two attached hydrogens (primary N) is 1. The molecule has 1 aromatic carbocycles. The summed E-state index contributed by atoms with van der Waals surface area (Å²) < 4.78 is 13.6. The molecule has 0 aromatic heterocycles. The first-order chi connectivity index (χ1) is 5.76. The highest BCUT2D eigenvalue weighted by Crippen LogP contribution is 2.50. The van der Waals surface area contributed by atoms with Gasteiger partial charge in [0.1, 0.15) is 5.67 Å². The van der Waals surface area contributed by atoms with Crippen molar-refractivity contribution in [1.82, 2.24) is 0 Å². The minimum Gasteiger partial charge on any atom is -0.326 e. The Hall–Kier alpha value is -0.890. The molecule has 12 heavy (non-hydrogen) atoms. The summed E-state index contributed by atoms with van der Waals surface area (Å²) in [6, 6.07) is 7.51. The molecule has 0 bridgehead atoms. The Morgan fingerprint density at radius 3 is 2.58 bits per heavy atom. The predicted octanol–water partition coefficient (Wildman–Crippen LogP) is 2.10. The number of alkyl halides is 1. The first-order valence-corrected chi connectivity index (χ1v) is 4.24. The lowest BCUT2D eigenvalue weighted by Gasteiger charge is -2.09. The van der Waals surface area contributed by atoms with Crippen LogP contribution in [0.25, 0.3) is 0 Å². The van der Waals surface area contributed by atoms with E-state index in [1.165, 1.54) is 0 Å². The van der Waals surface area contributed by atoms with Gasteiger partial charge in [-0.1, -0.05) is 24.3 Å². The van der Waals surface area contributed by atoms with Gasteiger partial charge in [-0.05, 0) is 24.0 Å². The summed E-state index contributed by atoms with van der Waals surface area (Å²) in [4.78, 5) is 0. The van der Waals surface area contributed by atoms with Crippen molar-refractivity contribution in [3.8, 4) is 0 Å². The van der Waals surface area contributed by atoms with E-state index in [9.17, 15) is 4.39 Å². The van der Waals surface area contributed by atoms with Crippen molar-refractivity contribution in [3.63, 3.8) is 0 Å². The maximum atomic E-state index is 13.6. The van der Waals surface area contributed by atoms with Crippen LogP contribution >= 0.6 is 0 Å². The molecule has 64 valence electrons. The van der Waals surface area contributed by atoms with Crippen molar-refractivity contribution in [2.24, 2.45) is 5.73 Å². The van der Waals surface area contributed by atoms with E-state index in [0.29, 0.717) is 19.4 Å². The molecule has 1 aliphatic rings. The molecule has 0 spiro atoms. The third kappa shape index (κ3) is 1.12. The lowest BCUT2D eigenvalue weighted by Crippen LogP contribution is -2.06. The van der Waals surface area contributed by atoms with Gasteiger partial charge in [-0.3, -0.25) is 0 Å². The number of benzene rings is 1. The molecule has 1 nitrogen and oxygen atoms in total. The largest absolute Gasteiger partial charge is 0.326 e. The minimum atomic E-state index is -1.05. The summed E-state index contributed by atoms with van der Waals surface area (Å²) in [5.41, 5.74) is 6.20. The van der Waals surface area contributed by atoms with Crippen molar-refractivity contribution in [3.05, 3.63) is 35.4 Å². The third-order valence-corrected chi connectivity index (χ3v) is 2.41. The minimum absolute atomic E-state index is 0.432. The molecule has 2 N–H and O–H groups in total. The number of halogens is 1. The van der Waals surface area contributed by atoms with Crippen molar-refractivity contribution < 1.29 is 4.39 Å². The van der Waals surface area contributed by atoms with Crippen LogP contribution in [0.4, 0.5) is 4.39 Å². The van der Waals surface area contributed by atoms with E-state index in [0.717, 1.165) is 11.1 Å². The molecule has 0 heterocycles. The van der Waals surface area contributed by atoms with Gasteiger partial charge in [-0.2, -0.15) is 0 Å². The van der Waals surface area contributed by atoms with E-state index < -0.39 is 5.67 Å². The van der Waals surface area contributed by atoms with E-state index in [4.69, 9.17) is 5.73 Å². The van der Waals surface area contributed by atoms with Crippen LogP contribution in [0.15, 0.2) is 24.3 Å². The molecule has 1 aromatic rings.